The number of hydrogen-bond acceptors (Lipinski definition) is 2. The van der Waals surface area contributed by atoms with E-state index in [2.05, 4.69) is 5.32 Å². The normalized spacial score (nSPS) is 11.4. The van der Waals surface area contributed by atoms with Crippen LogP contribution in [0.3, 0.4) is 0 Å². The van der Waals surface area contributed by atoms with Crippen LogP contribution in [-0.4, -0.2) is 17.4 Å². The fourth-order valence-electron chi connectivity index (χ4n) is 1.45. The summed E-state index contributed by atoms with van der Waals surface area (Å²) in [4.78, 5) is 11.3. The predicted molar refractivity (Wildman–Crippen MR) is 75.1 cm³/mol. The molecule has 3 nitrogen and oxygen atoms in total. The van der Waals surface area contributed by atoms with E-state index in [4.69, 9.17) is 16.3 Å². The molecule has 0 fully saturated rings. The number of rotatable bonds is 4. The van der Waals surface area contributed by atoms with Crippen molar-refractivity contribution < 1.29 is 9.53 Å². The molecule has 18 heavy (non-hydrogen) atoms. The van der Waals surface area contributed by atoms with Gasteiger partial charge in [0.25, 0.3) is 0 Å². The van der Waals surface area contributed by atoms with Crippen molar-refractivity contribution in [1.82, 2.24) is 0 Å². The fourth-order valence-corrected chi connectivity index (χ4v) is 1.52. The maximum absolute atomic E-state index is 11.3. The van der Waals surface area contributed by atoms with Crippen LogP contribution in [0.4, 0.5) is 5.69 Å². The molecule has 0 unspecified atom stereocenters. The smallest absolute Gasteiger partial charge is 0.239 e. The number of alkyl halides is 1. The summed E-state index contributed by atoms with van der Waals surface area (Å²) >= 11 is 5.48. The molecule has 100 valence electrons. The first-order chi connectivity index (χ1) is 8.33. The van der Waals surface area contributed by atoms with Gasteiger partial charge < -0.3 is 10.1 Å². The zero-order valence-electron chi connectivity index (χ0n) is 11.3. The Morgan fingerprint density at radius 3 is 2.61 bits per heavy atom. The first kappa shape index (κ1) is 15.0. The third-order valence-electron chi connectivity index (χ3n) is 2.50. The van der Waals surface area contributed by atoms with Gasteiger partial charge in [-0.25, -0.2) is 0 Å². The van der Waals surface area contributed by atoms with Crippen molar-refractivity contribution in [2.75, 3.05) is 11.2 Å². The maximum atomic E-state index is 11.3. The number of amides is 1. The summed E-state index contributed by atoms with van der Waals surface area (Å²) in [6, 6.07) is 5.76. The first-order valence-corrected chi connectivity index (χ1v) is 6.45. The summed E-state index contributed by atoms with van der Waals surface area (Å²) < 4.78 is 5.74. The zero-order valence-corrected chi connectivity index (χ0v) is 12.1. The molecule has 0 aliphatic heterocycles. The third kappa shape index (κ3) is 4.67. The van der Waals surface area contributed by atoms with Crippen molar-refractivity contribution in [2.24, 2.45) is 0 Å². The highest BCUT2D eigenvalue weighted by atomic mass is 35.5. The van der Waals surface area contributed by atoms with Gasteiger partial charge in [0.1, 0.15) is 5.88 Å². The first-order valence-electron chi connectivity index (χ1n) is 5.92. The molecule has 1 rings (SSSR count). The fraction of sp³-hybridized carbons (Fsp3) is 0.500. The highest BCUT2D eigenvalue weighted by Crippen LogP contribution is 2.21. The van der Waals surface area contributed by atoms with Crippen LogP contribution in [-0.2, 0) is 16.1 Å². The number of nitrogens with one attached hydrogen (secondary N) is 1. The van der Waals surface area contributed by atoms with E-state index < -0.39 is 0 Å². The molecule has 0 aliphatic rings. The molecule has 0 atom stereocenters. The molecule has 1 amide bonds. The maximum Gasteiger partial charge on any atom is 0.239 e. The second-order valence-electron chi connectivity index (χ2n) is 5.17. The van der Waals surface area contributed by atoms with E-state index in [0.29, 0.717) is 6.61 Å². The van der Waals surface area contributed by atoms with Crippen molar-refractivity contribution in [1.29, 1.82) is 0 Å². The van der Waals surface area contributed by atoms with Crippen LogP contribution in [0.15, 0.2) is 18.2 Å². The Morgan fingerprint density at radius 1 is 1.39 bits per heavy atom. The van der Waals surface area contributed by atoms with E-state index in [1.807, 2.05) is 45.9 Å². The van der Waals surface area contributed by atoms with E-state index >= 15 is 0 Å². The molecule has 0 radical (unpaired) electrons. The topological polar surface area (TPSA) is 38.3 Å². The summed E-state index contributed by atoms with van der Waals surface area (Å²) in [5, 5.41) is 2.77. The van der Waals surface area contributed by atoms with Gasteiger partial charge in [-0.15, -0.1) is 11.6 Å². The Kier molecular flexibility index (Phi) is 5.17. The summed E-state index contributed by atoms with van der Waals surface area (Å²) in [6.45, 7) is 8.54. The Labute approximate surface area is 113 Å². The zero-order chi connectivity index (χ0) is 13.8. The van der Waals surface area contributed by atoms with Gasteiger partial charge in [-0.05, 0) is 44.9 Å². The van der Waals surface area contributed by atoms with Gasteiger partial charge >= 0.3 is 0 Å². The second kappa shape index (κ2) is 6.21. The molecule has 0 saturated heterocycles. The van der Waals surface area contributed by atoms with E-state index in [9.17, 15) is 4.79 Å². The Hall–Kier alpha value is -1.06. The van der Waals surface area contributed by atoms with Gasteiger partial charge in [-0.2, -0.15) is 0 Å². The lowest BCUT2D eigenvalue weighted by Gasteiger charge is -2.21. The molecule has 1 aromatic rings. The molecule has 1 aromatic carbocycles. The van der Waals surface area contributed by atoms with Crippen LogP contribution in [0.2, 0.25) is 0 Å². The molecule has 4 heteroatoms. The average Bonchev–Trinajstić information content (AvgIpc) is 2.29. The number of halogens is 1. The van der Waals surface area contributed by atoms with Crippen molar-refractivity contribution in [3.63, 3.8) is 0 Å². The number of ether oxygens (including phenoxy) is 1. The van der Waals surface area contributed by atoms with Crippen molar-refractivity contribution >= 4 is 23.2 Å². The Bertz CT molecular complexity index is 424. The molecule has 0 bridgehead atoms. The molecule has 1 N–H and O–H groups in total. The van der Waals surface area contributed by atoms with Gasteiger partial charge in [-0.1, -0.05) is 12.1 Å². The van der Waals surface area contributed by atoms with Crippen LogP contribution < -0.4 is 5.32 Å². The molecule has 0 aromatic heterocycles. The molecular weight excluding hydrogens is 250 g/mol. The van der Waals surface area contributed by atoms with Crippen LogP contribution in [0.5, 0.6) is 0 Å². The number of carbonyl (C=O) groups is 1. The minimum atomic E-state index is -0.200. The number of anilines is 1. The van der Waals surface area contributed by atoms with Crippen LogP contribution >= 0.6 is 11.6 Å². The van der Waals surface area contributed by atoms with E-state index in [1.54, 1.807) is 0 Å². The summed E-state index contributed by atoms with van der Waals surface area (Å²) in [6.07, 6.45) is 0. The summed E-state index contributed by atoms with van der Waals surface area (Å²) in [5.74, 6) is -0.240. The van der Waals surface area contributed by atoms with E-state index in [1.165, 1.54) is 0 Å². The van der Waals surface area contributed by atoms with Gasteiger partial charge in [0, 0.05) is 5.69 Å². The highest BCUT2D eigenvalue weighted by molar-refractivity contribution is 6.29. The molecule has 0 saturated carbocycles. The molecular formula is C14H20ClNO2. The highest BCUT2D eigenvalue weighted by Gasteiger charge is 2.12. The predicted octanol–water partition coefficient (Wildman–Crippen LogP) is 3.49. The Morgan fingerprint density at radius 2 is 2.06 bits per heavy atom. The van der Waals surface area contributed by atoms with Crippen LogP contribution in [0, 0.1) is 6.92 Å². The summed E-state index contributed by atoms with van der Waals surface area (Å²) in [7, 11) is 0. The largest absolute Gasteiger partial charge is 0.371 e. The van der Waals surface area contributed by atoms with E-state index in [0.717, 1.165) is 16.8 Å². The lowest BCUT2D eigenvalue weighted by molar-refractivity contribution is -0.113. The molecule has 0 heterocycles. The number of hydrogen-bond donors (Lipinski definition) is 1. The van der Waals surface area contributed by atoms with Gasteiger partial charge in [0.05, 0.1) is 12.2 Å². The van der Waals surface area contributed by atoms with Crippen LogP contribution in [0.25, 0.3) is 0 Å². The lowest BCUT2D eigenvalue weighted by Crippen LogP contribution is -2.19. The lowest BCUT2D eigenvalue weighted by atomic mass is 10.1. The minimum Gasteiger partial charge on any atom is -0.371 e. The third-order valence-corrected chi connectivity index (χ3v) is 2.74. The number of carbonyl (C=O) groups excluding carboxylic acids is 1. The minimum absolute atomic E-state index is 0.0395. The monoisotopic (exact) mass is 269 g/mol. The van der Waals surface area contributed by atoms with Gasteiger partial charge in [-0.3, -0.25) is 4.79 Å². The summed E-state index contributed by atoms with van der Waals surface area (Å²) in [5.41, 5.74) is 2.69. The molecule has 0 spiro atoms. The standard InChI is InChI=1S/C14H20ClNO2/c1-10-11(9-18-14(2,3)4)6-5-7-12(10)16-13(17)8-15/h5-7H,8-9H2,1-4H3,(H,16,17). The van der Waals surface area contributed by atoms with Crippen molar-refractivity contribution in [3.8, 4) is 0 Å². The van der Waals surface area contributed by atoms with Crippen LogP contribution in [0.1, 0.15) is 31.9 Å². The second-order valence-corrected chi connectivity index (χ2v) is 5.44. The Balaban J connectivity index is 2.81. The van der Waals surface area contributed by atoms with Gasteiger partial charge in [0.15, 0.2) is 0 Å². The van der Waals surface area contributed by atoms with Crippen molar-refractivity contribution in [2.45, 2.75) is 39.9 Å². The number of benzene rings is 1. The quantitative estimate of drug-likeness (QED) is 0.850. The average molecular weight is 270 g/mol. The van der Waals surface area contributed by atoms with Crippen molar-refractivity contribution in [3.05, 3.63) is 29.3 Å². The molecule has 0 aliphatic carbocycles. The van der Waals surface area contributed by atoms with E-state index in [-0.39, 0.29) is 17.4 Å². The SMILES string of the molecule is Cc1c(COC(C)(C)C)cccc1NC(=O)CCl. The van der Waals surface area contributed by atoms with Gasteiger partial charge in [0.2, 0.25) is 5.91 Å².